The highest BCUT2D eigenvalue weighted by atomic mass is 32.1. The quantitative estimate of drug-likeness (QED) is 0.832. The standard InChI is InChI=1S/C15H21N3OS/c1-11(16-8-9-17-15(19)18(2)3)14-10-12-6-4-5-7-13(12)20-14/h4-7,10-11,16H,8-9H2,1-3H3,(H,17,19). The van der Waals surface area contributed by atoms with Gasteiger partial charge in [0.25, 0.3) is 0 Å². The summed E-state index contributed by atoms with van der Waals surface area (Å²) in [5, 5.41) is 7.57. The molecule has 1 atom stereocenters. The van der Waals surface area contributed by atoms with Gasteiger partial charge in [0, 0.05) is 42.8 Å². The maximum Gasteiger partial charge on any atom is 0.316 e. The van der Waals surface area contributed by atoms with Gasteiger partial charge in [0.2, 0.25) is 0 Å². The minimum atomic E-state index is -0.0543. The summed E-state index contributed by atoms with van der Waals surface area (Å²) < 4.78 is 1.32. The van der Waals surface area contributed by atoms with Crippen LogP contribution in [0.2, 0.25) is 0 Å². The molecule has 1 unspecified atom stereocenters. The lowest BCUT2D eigenvalue weighted by Crippen LogP contribution is -2.38. The number of carbonyl (C=O) groups is 1. The van der Waals surface area contributed by atoms with E-state index in [-0.39, 0.29) is 6.03 Å². The van der Waals surface area contributed by atoms with Crippen LogP contribution in [-0.4, -0.2) is 38.1 Å². The Hall–Kier alpha value is -1.59. The first-order valence-electron chi connectivity index (χ1n) is 6.75. The molecule has 20 heavy (non-hydrogen) atoms. The molecule has 2 rings (SSSR count). The van der Waals surface area contributed by atoms with Gasteiger partial charge in [-0.15, -0.1) is 11.3 Å². The summed E-state index contributed by atoms with van der Waals surface area (Å²) in [5.41, 5.74) is 0. The molecule has 0 spiro atoms. The molecule has 0 saturated carbocycles. The lowest BCUT2D eigenvalue weighted by atomic mass is 10.2. The number of hydrogen-bond acceptors (Lipinski definition) is 3. The number of hydrogen-bond donors (Lipinski definition) is 2. The van der Waals surface area contributed by atoms with Crippen LogP contribution in [0.3, 0.4) is 0 Å². The minimum Gasteiger partial charge on any atom is -0.337 e. The van der Waals surface area contributed by atoms with Crippen molar-refractivity contribution in [2.24, 2.45) is 0 Å². The monoisotopic (exact) mass is 291 g/mol. The number of nitrogens with zero attached hydrogens (tertiary/aromatic N) is 1. The van der Waals surface area contributed by atoms with Gasteiger partial charge in [-0.2, -0.15) is 0 Å². The Labute approximate surface area is 123 Å². The highest BCUT2D eigenvalue weighted by molar-refractivity contribution is 7.19. The lowest BCUT2D eigenvalue weighted by Gasteiger charge is -2.14. The van der Waals surface area contributed by atoms with E-state index in [9.17, 15) is 4.79 Å². The molecule has 0 radical (unpaired) electrons. The lowest BCUT2D eigenvalue weighted by molar-refractivity contribution is 0.217. The summed E-state index contributed by atoms with van der Waals surface area (Å²) in [6.07, 6.45) is 0. The van der Waals surface area contributed by atoms with Gasteiger partial charge in [-0.3, -0.25) is 0 Å². The zero-order valence-electron chi connectivity index (χ0n) is 12.1. The van der Waals surface area contributed by atoms with Crippen molar-refractivity contribution in [3.8, 4) is 0 Å². The van der Waals surface area contributed by atoms with E-state index in [0.29, 0.717) is 12.6 Å². The van der Waals surface area contributed by atoms with Gasteiger partial charge in [-0.1, -0.05) is 18.2 Å². The van der Waals surface area contributed by atoms with Crippen LogP contribution in [0.1, 0.15) is 17.8 Å². The van der Waals surface area contributed by atoms with Gasteiger partial charge in [-0.05, 0) is 24.4 Å². The molecule has 2 N–H and O–H groups in total. The largest absolute Gasteiger partial charge is 0.337 e. The average Bonchev–Trinajstić information content (AvgIpc) is 2.86. The SMILES string of the molecule is CC(NCCNC(=O)N(C)C)c1cc2ccccc2s1. The summed E-state index contributed by atoms with van der Waals surface area (Å²) >= 11 is 1.82. The zero-order chi connectivity index (χ0) is 14.5. The third-order valence-corrected chi connectivity index (χ3v) is 4.43. The summed E-state index contributed by atoms with van der Waals surface area (Å²) in [4.78, 5) is 14.2. The number of rotatable bonds is 5. The van der Waals surface area contributed by atoms with Crippen molar-refractivity contribution >= 4 is 27.5 Å². The molecule has 2 amide bonds. The van der Waals surface area contributed by atoms with Crippen molar-refractivity contribution in [1.82, 2.24) is 15.5 Å². The Bertz CT molecular complexity index is 546. The van der Waals surface area contributed by atoms with E-state index in [1.54, 1.807) is 14.1 Å². The van der Waals surface area contributed by atoms with Gasteiger partial charge in [0.05, 0.1) is 0 Å². The molecular formula is C15H21N3OS. The summed E-state index contributed by atoms with van der Waals surface area (Å²) in [7, 11) is 3.48. The third-order valence-electron chi connectivity index (χ3n) is 3.13. The van der Waals surface area contributed by atoms with E-state index in [1.807, 2.05) is 11.3 Å². The Morgan fingerprint density at radius 2 is 2.05 bits per heavy atom. The van der Waals surface area contributed by atoms with E-state index in [1.165, 1.54) is 19.9 Å². The molecule has 0 bridgehead atoms. The second kappa shape index (κ2) is 6.72. The van der Waals surface area contributed by atoms with Crippen LogP contribution >= 0.6 is 11.3 Å². The fraction of sp³-hybridized carbons (Fsp3) is 0.400. The summed E-state index contributed by atoms with van der Waals surface area (Å²) in [6, 6.07) is 10.9. The van der Waals surface area contributed by atoms with Gasteiger partial charge in [0.1, 0.15) is 0 Å². The number of nitrogens with one attached hydrogen (secondary N) is 2. The number of thiophene rings is 1. The number of amides is 2. The number of fused-ring (bicyclic) bond motifs is 1. The van der Waals surface area contributed by atoms with Gasteiger partial charge in [-0.25, -0.2) is 4.79 Å². The number of urea groups is 1. The zero-order valence-corrected chi connectivity index (χ0v) is 13.0. The predicted molar refractivity (Wildman–Crippen MR) is 85.3 cm³/mol. The first-order chi connectivity index (χ1) is 9.58. The predicted octanol–water partition coefficient (Wildman–Crippen LogP) is 2.82. The van der Waals surface area contributed by atoms with Crippen LogP contribution in [0.15, 0.2) is 30.3 Å². The topological polar surface area (TPSA) is 44.4 Å². The van der Waals surface area contributed by atoms with Gasteiger partial charge in [0.15, 0.2) is 0 Å². The molecule has 4 nitrogen and oxygen atoms in total. The minimum absolute atomic E-state index is 0.0543. The molecule has 0 aliphatic heterocycles. The molecule has 5 heteroatoms. The molecule has 2 aromatic rings. The second-order valence-electron chi connectivity index (χ2n) is 4.99. The molecule has 0 aliphatic carbocycles. The van der Waals surface area contributed by atoms with Crippen molar-refractivity contribution in [2.45, 2.75) is 13.0 Å². The van der Waals surface area contributed by atoms with Crippen LogP contribution < -0.4 is 10.6 Å². The van der Waals surface area contributed by atoms with Crippen molar-refractivity contribution in [3.05, 3.63) is 35.2 Å². The average molecular weight is 291 g/mol. The Balaban J connectivity index is 1.83. The van der Waals surface area contributed by atoms with Crippen LogP contribution in [0.25, 0.3) is 10.1 Å². The third kappa shape index (κ3) is 3.71. The van der Waals surface area contributed by atoms with Crippen LogP contribution in [0.4, 0.5) is 4.79 Å². The van der Waals surface area contributed by atoms with Gasteiger partial charge < -0.3 is 15.5 Å². The van der Waals surface area contributed by atoms with Crippen molar-refractivity contribution in [3.63, 3.8) is 0 Å². The van der Waals surface area contributed by atoms with Crippen LogP contribution in [0, 0.1) is 0 Å². The van der Waals surface area contributed by atoms with E-state index in [0.717, 1.165) is 6.54 Å². The Morgan fingerprint density at radius 3 is 2.75 bits per heavy atom. The second-order valence-corrected chi connectivity index (χ2v) is 6.10. The molecule has 1 heterocycles. The fourth-order valence-corrected chi connectivity index (χ4v) is 3.02. The fourth-order valence-electron chi connectivity index (χ4n) is 1.93. The molecule has 1 aromatic heterocycles. The van der Waals surface area contributed by atoms with Gasteiger partial charge >= 0.3 is 6.03 Å². The van der Waals surface area contributed by atoms with E-state index in [4.69, 9.17) is 0 Å². The van der Waals surface area contributed by atoms with Crippen molar-refractivity contribution in [1.29, 1.82) is 0 Å². The normalized spacial score (nSPS) is 12.3. The Kier molecular flexibility index (Phi) is 4.98. The maximum absolute atomic E-state index is 11.4. The van der Waals surface area contributed by atoms with Crippen molar-refractivity contribution in [2.75, 3.05) is 27.2 Å². The first kappa shape index (κ1) is 14.8. The van der Waals surface area contributed by atoms with Crippen molar-refractivity contribution < 1.29 is 4.79 Å². The summed E-state index contributed by atoms with van der Waals surface area (Å²) in [5.74, 6) is 0. The molecule has 0 fully saturated rings. The maximum atomic E-state index is 11.4. The van der Waals surface area contributed by atoms with Crippen LogP contribution in [0.5, 0.6) is 0 Å². The molecule has 1 aromatic carbocycles. The van der Waals surface area contributed by atoms with E-state index < -0.39 is 0 Å². The Morgan fingerprint density at radius 1 is 1.30 bits per heavy atom. The highest BCUT2D eigenvalue weighted by Crippen LogP contribution is 2.29. The molecular weight excluding hydrogens is 270 g/mol. The van der Waals surface area contributed by atoms with E-state index >= 15 is 0 Å². The summed E-state index contributed by atoms with van der Waals surface area (Å²) in [6.45, 7) is 3.54. The molecule has 108 valence electrons. The van der Waals surface area contributed by atoms with E-state index in [2.05, 4.69) is 47.9 Å². The number of benzene rings is 1. The molecule has 0 saturated heterocycles. The highest BCUT2D eigenvalue weighted by Gasteiger charge is 2.09. The molecule has 0 aliphatic rings. The smallest absolute Gasteiger partial charge is 0.316 e. The van der Waals surface area contributed by atoms with Crippen LogP contribution in [-0.2, 0) is 0 Å². The number of carbonyl (C=O) groups excluding carboxylic acids is 1. The first-order valence-corrected chi connectivity index (χ1v) is 7.56.